The van der Waals surface area contributed by atoms with Gasteiger partial charge in [-0.3, -0.25) is 0 Å². The smallest absolute Gasteiger partial charge is 0.336 e. The number of rotatable bonds is 8. The molecule has 7 heteroatoms. The molecule has 5 nitrogen and oxygen atoms in total. The largest absolute Gasteiger partial charge is 0.478 e. The summed E-state index contributed by atoms with van der Waals surface area (Å²) in [6.07, 6.45) is 2.80. The number of hydrogen-bond donors (Lipinski definition) is 1. The van der Waals surface area contributed by atoms with Gasteiger partial charge in [-0.25, -0.2) is 13.2 Å². The second kappa shape index (κ2) is 8.08. The van der Waals surface area contributed by atoms with Gasteiger partial charge in [-0.1, -0.05) is 19.8 Å². The Labute approximate surface area is 140 Å². The first-order valence-electron chi connectivity index (χ1n) is 7.26. The van der Waals surface area contributed by atoms with Crippen molar-refractivity contribution in [3.63, 3.8) is 0 Å². The molecule has 1 aromatic rings. The minimum Gasteiger partial charge on any atom is -0.478 e. The molecule has 0 spiro atoms. The van der Waals surface area contributed by atoms with E-state index in [2.05, 4.69) is 22.9 Å². The maximum atomic E-state index is 12.8. The Balaban J connectivity index is 3.14. The SMILES string of the molecule is CCCCCN(C(C)C)S(=O)(=O)c1ccc(C(=O)O)c(Br)c1. The van der Waals surface area contributed by atoms with Crippen molar-refractivity contribution >= 4 is 31.9 Å². The van der Waals surface area contributed by atoms with Gasteiger partial charge in [-0.15, -0.1) is 0 Å². The summed E-state index contributed by atoms with van der Waals surface area (Å²) in [5.41, 5.74) is 0.0426. The Kier molecular flexibility index (Phi) is 7.02. The van der Waals surface area contributed by atoms with Crippen molar-refractivity contribution in [1.82, 2.24) is 4.31 Å². The van der Waals surface area contributed by atoms with E-state index in [0.29, 0.717) is 6.54 Å². The number of halogens is 1. The highest BCUT2D eigenvalue weighted by molar-refractivity contribution is 9.10. The summed E-state index contributed by atoms with van der Waals surface area (Å²) in [5.74, 6) is -1.10. The van der Waals surface area contributed by atoms with Crippen molar-refractivity contribution in [2.24, 2.45) is 0 Å². The second-order valence-corrected chi connectivity index (χ2v) is 8.11. The van der Waals surface area contributed by atoms with Crippen LogP contribution >= 0.6 is 15.9 Å². The molecular weight excluding hydrogens is 370 g/mol. The summed E-state index contributed by atoms with van der Waals surface area (Å²) in [5, 5.41) is 9.01. The first-order chi connectivity index (χ1) is 10.2. The predicted octanol–water partition coefficient (Wildman–Crippen LogP) is 3.74. The molecular formula is C15H22BrNO4S. The van der Waals surface area contributed by atoms with Crippen molar-refractivity contribution in [2.45, 2.75) is 51.0 Å². The summed E-state index contributed by atoms with van der Waals surface area (Å²) in [6.45, 7) is 6.20. The zero-order valence-corrected chi connectivity index (χ0v) is 15.4. The van der Waals surface area contributed by atoms with Gasteiger partial charge in [0.15, 0.2) is 0 Å². The molecule has 0 saturated carbocycles. The van der Waals surface area contributed by atoms with E-state index in [-0.39, 0.29) is 21.0 Å². The van der Waals surface area contributed by atoms with E-state index in [1.54, 1.807) is 0 Å². The normalized spacial score (nSPS) is 12.1. The number of carbonyl (C=O) groups is 1. The Morgan fingerprint density at radius 3 is 2.41 bits per heavy atom. The van der Waals surface area contributed by atoms with Gasteiger partial charge in [-0.2, -0.15) is 4.31 Å². The number of hydrogen-bond acceptors (Lipinski definition) is 3. The molecule has 1 rings (SSSR count). The van der Waals surface area contributed by atoms with Crippen LogP contribution in [0.4, 0.5) is 0 Å². The van der Waals surface area contributed by atoms with E-state index >= 15 is 0 Å². The van der Waals surface area contributed by atoms with E-state index in [0.717, 1.165) is 19.3 Å². The second-order valence-electron chi connectivity index (χ2n) is 5.36. The number of unbranched alkanes of at least 4 members (excludes halogenated alkanes) is 2. The number of sulfonamides is 1. The van der Waals surface area contributed by atoms with Gasteiger partial charge in [0, 0.05) is 17.1 Å². The molecule has 0 aliphatic heterocycles. The Hall–Kier alpha value is -0.920. The zero-order chi connectivity index (χ0) is 16.9. The molecule has 22 heavy (non-hydrogen) atoms. The van der Waals surface area contributed by atoms with Crippen LogP contribution in [0.3, 0.4) is 0 Å². The number of carboxylic acid groups (broad SMARTS) is 1. The Morgan fingerprint density at radius 2 is 1.95 bits per heavy atom. The first-order valence-corrected chi connectivity index (χ1v) is 9.49. The fourth-order valence-corrected chi connectivity index (χ4v) is 4.54. The van der Waals surface area contributed by atoms with Gasteiger partial charge in [-0.05, 0) is 54.4 Å². The highest BCUT2D eigenvalue weighted by Gasteiger charge is 2.27. The molecule has 1 aromatic carbocycles. The number of aromatic carboxylic acids is 1. The van der Waals surface area contributed by atoms with Crippen LogP contribution in [0.25, 0.3) is 0 Å². The van der Waals surface area contributed by atoms with Gasteiger partial charge < -0.3 is 5.11 Å². The van der Waals surface area contributed by atoms with Crippen molar-refractivity contribution in [3.8, 4) is 0 Å². The molecule has 0 heterocycles. The fraction of sp³-hybridized carbons (Fsp3) is 0.533. The summed E-state index contributed by atoms with van der Waals surface area (Å²) in [7, 11) is -3.64. The lowest BCUT2D eigenvalue weighted by Gasteiger charge is -2.26. The highest BCUT2D eigenvalue weighted by Crippen LogP contribution is 2.25. The lowest BCUT2D eigenvalue weighted by molar-refractivity contribution is 0.0695. The van der Waals surface area contributed by atoms with Gasteiger partial charge in [0.25, 0.3) is 0 Å². The van der Waals surface area contributed by atoms with Gasteiger partial charge in [0.1, 0.15) is 0 Å². The molecule has 0 atom stereocenters. The minimum absolute atomic E-state index is 0.0426. The molecule has 0 aromatic heterocycles. The first kappa shape index (κ1) is 19.1. The van der Waals surface area contributed by atoms with Crippen LogP contribution in [0, 0.1) is 0 Å². The lowest BCUT2D eigenvalue weighted by Crippen LogP contribution is -2.37. The van der Waals surface area contributed by atoms with Crippen LogP contribution < -0.4 is 0 Å². The average molecular weight is 392 g/mol. The van der Waals surface area contributed by atoms with E-state index < -0.39 is 16.0 Å². The number of nitrogens with zero attached hydrogens (tertiary/aromatic N) is 1. The summed E-state index contributed by atoms with van der Waals surface area (Å²) >= 11 is 3.13. The van der Waals surface area contributed by atoms with E-state index in [9.17, 15) is 13.2 Å². The highest BCUT2D eigenvalue weighted by atomic mass is 79.9. The molecule has 1 N–H and O–H groups in total. The maximum Gasteiger partial charge on any atom is 0.336 e. The van der Waals surface area contributed by atoms with Crippen LogP contribution in [-0.2, 0) is 10.0 Å². The summed E-state index contributed by atoms with van der Waals surface area (Å²) in [4.78, 5) is 11.1. The van der Waals surface area contributed by atoms with Crippen molar-refractivity contribution in [2.75, 3.05) is 6.54 Å². The van der Waals surface area contributed by atoms with Crippen LogP contribution in [0.2, 0.25) is 0 Å². The van der Waals surface area contributed by atoms with E-state index in [1.165, 1.54) is 22.5 Å². The number of benzene rings is 1. The van der Waals surface area contributed by atoms with Crippen LogP contribution in [-0.4, -0.2) is 36.4 Å². The molecule has 0 bridgehead atoms. The maximum absolute atomic E-state index is 12.8. The Morgan fingerprint density at radius 1 is 1.32 bits per heavy atom. The predicted molar refractivity (Wildman–Crippen MR) is 89.7 cm³/mol. The molecule has 124 valence electrons. The van der Waals surface area contributed by atoms with Crippen molar-refractivity contribution < 1.29 is 18.3 Å². The third-order valence-corrected chi connectivity index (χ3v) is 6.06. The minimum atomic E-state index is -3.64. The standard InChI is InChI=1S/C15H22BrNO4S/c1-4-5-6-9-17(11(2)3)22(20,21)12-7-8-13(15(18)19)14(16)10-12/h7-8,10-11H,4-6,9H2,1-3H3,(H,18,19). The third kappa shape index (κ3) is 4.54. The van der Waals surface area contributed by atoms with Crippen LogP contribution in [0.5, 0.6) is 0 Å². The Bertz CT molecular complexity index is 628. The van der Waals surface area contributed by atoms with Gasteiger partial charge in [0.2, 0.25) is 10.0 Å². The molecule has 0 unspecified atom stereocenters. The lowest BCUT2D eigenvalue weighted by atomic mass is 10.2. The molecule has 0 saturated heterocycles. The third-order valence-electron chi connectivity index (χ3n) is 3.34. The van der Waals surface area contributed by atoms with Crippen LogP contribution in [0.1, 0.15) is 50.4 Å². The van der Waals surface area contributed by atoms with Crippen molar-refractivity contribution in [1.29, 1.82) is 0 Å². The van der Waals surface area contributed by atoms with Crippen molar-refractivity contribution in [3.05, 3.63) is 28.2 Å². The molecule has 0 aliphatic rings. The fourth-order valence-electron chi connectivity index (χ4n) is 2.14. The van der Waals surface area contributed by atoms with Crippen LogP contribution in [0.15, 0.2) is 27.6 Å². The quantitative estimate of drug-likeness (QED) is 0.684. The monoisotopic (exact) mass is 391 g/mol. The van der Waals surface area contributed by atoms with Gasteiger partial charge in [0.05, 0.1) is 10.5 Å². The topological polar surface area (TPSA) is 74.7 Å². The summed E-state index contributed by atoms with van der Waals surface area (Å²) in [6, 6.07) is 3.86. The van der Waals surface area contributed by atoms with Gasteiger partial charge >= 0.3 is 5.97 Å². The average Bonchev–Trinajstić information content (AvgIpc) is 2.42. The molecule has 0 aliphatic carbocycles. The summed E-state index contributed by atoms with van der Waals surface area (Å²) < 4.78 is 27.2. The van der Waals surface area contributed by atoms with E-state index in [1.807, 2.05) is 13.8 Å². The molecule has 0 fully saturated rings. The molecule has 0 radical (unpaired) electrons. The zero-order valence-electron chi connectivity index (χ0n) is 13.0. The number of carboxylic acids is 1. The van der Waals surface area contributed by atoms with E-state index in [4.69, 9.17) is 5.11 Å². The molecule has 0 amide bonds.